The summed E-state index contributed by atoms with van der Waals surface area (Å²) in [5, 5.41) is 0.0812. The maximum absolute atomic E-state index is 11.5. The highest BCUT2D eigenvalue weighted by Crippen LogP contribution is 2.38. The van der Waals surface area contributed by atoms with E-state index in [0.717, 1.165) is 12.0 Å². The Labute approximate surface area is 76.4 Å². The van der Waals surface area contributed by atoms with Gasteiger partial charge in [-0.2, -0.15) is 0 Å². The first kappa shape index (κ1) is 7.81. The Morgan fingerprint density at radius 3 is 2.42 bits per heavy atom. The van der Waals surface area contributed by atoms with Crippen molar-refractivity contribution in [3.8, 4) is 0 Å². The van der Waals surface area contributed by atoms with Crippen LogP contribution in [-0.4, -0.2) is 11.2 Å². The van der Waals surface area contributed by atoms with E-state index in [0.29, 0.717) is 0 Å². The third-order valence-electron chi connectivity index (χ3n) is 2.11. The Morgan fingerprint density at radius 1 is 1.33 bits per heavy atom. The zero-order chi connectivity index (χ0) is 8.55. The first-order chi connectivity index (χ1) is 5.79. The second kappa shape index (κ2) is 2.91. The number of benzene rings is 1. The highest BCUT2D eigenvalue weighted by molar-refractivity contribution is 6.25. The van der Waals surface area contributed by atoms with Crippen LogP contribution >= 0.6 is 11.6 Å². The number of hydrogen-bond donors (Lipinski definition) is 0. The van der Waals surface area contributed by atoms with Crippen LogP contribution < -0.4 is 0 Å². The van der Waals surface area contributed by atoms with Gasteiger partial charge in [0.25, 0.3) is 0 Å². The zero-order valence-electron chi connectivity index (χ0n) is 6.53. The van der Waals surface area contributed by atoms with E-state index in [4.69, 9.17) is 11.6 Å². The number of carbonyl (C=O) groups excluding carboxylic acids is 1. The van der Waals surface area contributed by atoms with Crippen molar-refractivity contribution in [3.05, 3.63) is 35.9 Å². The molecule has 0 radical (unpaired) electrons. The molecule has 1 aliphatic carbocycles. The molecular formula is C10H9ClO. The molecule has 1 nitrogen and oxygen atoms in total. The quantitative estimate of drug-likeness (QED) is 0.505. The van der Waals surface area contributed by atoms with Crippen LogP contribution in [0, 0.1) is 5.92 Å². The number of carbonyl (C=O) groups is 1. The fraction of sp³-hybridized carbons (Fsp3) is 0.300. The van der Waals surface area contributed by atoms with Gasteiger partial charge in [0.1, 0.15) is 0 Å². The summed E-state index contributed by atoms with van der Waals surface area (Å²) >= 11 is 5.78. The van der Waals surface area contributed by atoms with E-state index in [2.05, 4.69) is 0 Å². The number of hydrogen-bond acceptors (Lipinski definition) is 1. The zero-order valence-corrected chi connectivity index (χ0v) is 7.29. The molecule has 2 atom stereocenters. The second-order valence-corrected chi connectivity index (χ2v) is 3.65. The van der Waals surface area contributed by atoms with Gasteiger partial charge in [0.05, 0.1) is 0 Å². The standard InChI is InChI=1S/C10H9ClO/c11-9-6-8(9)10(12)7-4-2-1-3-5-7/h1-5,8-9H,6H2/t8-,9-/m1/s1. The summed E-state index contributed by atoms with van der Waals surface area (Å²) in [6, 6.07) is 9.33. The lowest BCUT2D eigenvalue weighted by molar-refractivity contribution is 0.0968. The SMILES string of the molecule is O=C(c1ccccc1)[C@@H]1C[C@H]1Cl. The molecule has 1 saturated carbocycles. The van der Waals surface area contributed by atoms with Gasteiger partial charge < -0.3 is 0 Å². The van der Waals surface area contributed by atoms with Crippen LogP contribution in [-0.2, 0) is 0 Å². The number of rotatable bonds is 2. The van der Waals surface area contributed by atoms with Crippen LogP contribution in [0.2, 0.25) is 0 Å². The van der Waals surface area contributed by atoms with E-state index in [1.54, 1.807) is 0 Å². The lowest BCUT2D eigenvalue weighted by Gasteiger charge is -1.96. The minimum absolute atomic E-state index is 0.0778. The third-order valence-corrected chi connectivity index (χ3v) is 2.59. The molecule has 1 fully saturated rings. The molecule has 12 heavy (non-hydrogen) atoms. The van der Waals surface area contributed by atoms with E-state index >= 15 is 0 Å². The Morgan fingerprint density at radius 2 is 1.92 bits per heavy atom. The van der Waals surface area contributed by atoms with E-state index in [-0.39, 0.29) is 17.1 Å². The number of ketones is 1. The smallest absolute Gasteiger partial charge is 0.167 e. The summed E-state index contributed by atoms with van der Waals surface area (Å²) in [5.74, 6) is 0.268. The normalized spacial score (nSPS) is 26.8. The van der Waals surface area contributed by atoms with Crippen molar-refractivity contribution in [1.82, 2.24) is 0 Å². The Kier molecular flexibility index (Phi) is 1.89. The van der Waals surface area contributed by atoms with Gasteiger partial charge in [-0.25, -0.2) is 0 Å². The molecule has 62 valence electrons. The van der Waals surface area contributed by atoms with Crippen LogP contribution in [0.5, 0.6) is 0 Å². The summed E-state index contributed by atoms with van der Waals surface area (Å²) in [5.41, 5.74) is 0.783. The van der Waals surface area contributed by atoms with Crippen molar-refractivity contribution in [2.75, 3.05) is 0 Å². The van der Waals surface area contributed by atoms with Gasteiger partial charge in [0, 0.05) is 16.9 Å². The molecule has 1 aromatic rings. The largest absolute Gasteiger partial charge is 0.294 e. The van der Waals surface area contributed by atoms with Crippen molar-refractivity contribution in [2.24, 2.45) is 5.92 Å². The number of alkyl halides is 1. The van der Waals surface area contributed by atoms with Gasteiger partial charge in [0.2, 0.25) is 0 Å². The molecule has 0 saturated heterocycles. The minimum Gasteiger partial charge on any atom is -0.294 e. The first-order valence-electron chi connectivity index (χ1n) is 4.02. The molecule has 0 amide bonds. The second-order valence-electron chi connectivity index (χ2n) is 3.09. The number of halogens is 1. The lowest BCUT2D eigenvalue weighted by atomic mass is 10.1. The van der Waals surface area contributed by atoms with Crippen LogP contribution in [0.15, 0.2) is 30.3 Å². The molecule has 0 aromatic heterocycles. The van der Waals surface area contributed by atoms with Crippen molar-refractivity contribution in [2.45, 2.75) is 11.8 Å². The fourth-order valence-corrected chi connectivity index (χ4v) is 1.56. The summed E-state index contributed by atoms with van der Waals surface area (Å²) in [7, 11) is 0. The van der Waals surface area contributed by atoms with Gasteiger partial charge in [-0.15, -0.1) is 11.6 Å². The summed E-state index contributed by atoms with van der Waals surface area (Å²) in [6.45, 7) is 0. The molecular weight excluding hydrogens is 172 g/mol. The van der Waals surface area contributed by atoms with E-state index in [9.17, 15) is 4.79 Å². The lowest BCUT2D eigenvalue weighted by Crippen LogP contribution is -2.02. The minimum atomic E-state index is 0.0778. The summed E-state index contributed by atoms with van der Waals surface area (Å²) < 4.78 is 0. The number of Topliss-reactive ketones (excluding diaryl/α,β-unsaturated/α-hetero) is 1. The van der Waals surface area contributed by atoms with E-state index < -0.39 is 0 Å². The highest BCUT2D eigenvalue weighted by Gasteiger charge is 2.41. The molecule has 0 spiro atoms. The van der Waals surface area contributed by atoms with Crippen molar-refractivity contribution in [3.63, 3.8) is 0 Å². The topological polar surface area (TPSA) is 17.1 Å². The van der Waals surface area contributed by atoms with Gasteiger partial charge in [-0.05, 0) is 6.42 Å². The Hall–Kier alpha value is -0.820. The maximum atomic E-state index is 11.5. The van der Waals surface area contributed by atoms with Crippen LogP contribution in [0.1, 0.15) is 16.8 Å². The molecule has 2 rings (SSSR count). The fourth-order valence-electron chi connectivity index (χ4n) is 1.25. The molecule has 1 aliphatic rings. The maximum Gasteiger partial charge on any atom is 0.167 e. The monoisotopic (exact) mass is 180 g/mol. The van der Waals surface area contributed by atoms with Crippen LogP contribution in [0.4, 0.5) is 0 Å². The highest BCUT2D eigenvalue weighted by atomic mass is 35.5. The molecule has 0 unspecified atom stereocenters. The van der Waals surface area contributed by atoms with Crippen molar-refractivity contribution < 1.29 is 4.79 Å². The van der Waals surface area contributed by atoms with Gasteiger partial charge in [0.15, 0.2) is 5.78 Å². The summed E-state index contributed by atoms with van der Waals surface area (Å²) in [6.07, 6.45) is 0.843. The predicted molar refractivity (Wildman–Crippen MR) is 48.5 cm³/mol. The molecule has 0 aliphatic heterocycles. The molecule has 0 heterocycles. The van der Waals surface area contributed by atoms with Crippen LogP contribution in [0.3, 0.4) is 0 Å². The van der Waals surface area contributed by atoms with E-state index in [1.807, 2.05) is 30.3 Å². The third kappa shape index (κ3) is 1.37. The molecule has 0 N–H and O–H groups in total. The Bertz CT molecular complexity index is 294. The van der Waals surface area contributed by atoms with Gasteiger partial charge >= 0.3 is 0 Å². The van der Waals surface area contributed by atoms with Crippen LogP contribution in [0.25, 0.3) is 0 Å². The van der Waals surface area contributed by atoms with Crippen molar-refractivity contribution >= 4 is 17.4 Å². The van der Waals surface area contributed by atoms with Gasteiger partial charge in [-0.1, -0.05) is 30.3 Å². The molecule has 1 aromatic carbocycles. The van der Waals surface area contributed by atoms with Crippen molar-refractivity contribution in [1.29, 1.82) is 0 Å². The predicted octanol–water partition coefficient (Wildman–Crippen LogP) is 2.50. The van der Waals surface area contributed by atoms with Gasteiger partial charge in [-0.3, -0.25) is 4.79 Å². The average molecular weight is 181 g/mol. The molecule has 0 bridgehead atoms. The Balaban J connectivity index is 2.16. The molecule has 2 heteroatoms. The van der Waals surface area contributed by atoms with E-state index in [1.165, 1.54) is 0 Å². The first-order valence-corrected chi connectivity index (χ1v) is 4.46. The average Bonchev–Trinajstić information content (AvgIpc) is 2.83. The summed E-state index contributed by atoms with van der Waals surface area (Å²) in [4.78, 5) is 11.5.